The maximum Gasteiger partial charge on any atom is 0.416 e. The second kappa shape index (κ2) is 8.38. The molecule has 0 N–H and O–H groups in total. The van der Waals surface area contributed by atoms with Crippen molar-refractivity contribution in [2.24, 2.45) is 0 Å². The van der Waals surface area contributed by atoms with Crippen molar-refractivity contribution in [1.29, 1.82) is 0 Å². The highest BCUT2D eigenvalue weighted by atomic mass is 35.5. The lowest BCUT2D eigenvalue weighted by Gasteiger charge is -2.36. The molecule has 138 valence electrons. The molecular weight excluding hydrogens is 371 g/mol. The molecule has 0 saturated carbocycles. The molecule has 1 aromatic heterocycles. The topological polar surface area (TPSA) is 19.4 Å². The van der Waals surface area contributed by atoms with E-state index >= 15 is 0 Å². The summed E-state index contributed by atoms with van der Waals surface area (Å²) in [6, 6.07) is 5.61. The van der Waals surface area contributed by atoms with Gasteiger partial charge in [0.05, 0.1) is 16.8 Å². The first-order chi connectivity index (χ1) is 11.4. The van der Waals surface area contributed by atoms with E-state index in [1.54, 1.807) is 17.4 Å². The number of benzene rings is 1. The largest absolute Gasteiger partial charge is 0.416 e. The zero-order valence-electron chi connectivity index (χ0n) is 13.9. The molecule has 1 saturated heterocycles. The summed E-state index contributed by atoms with van der Waals surface area (Å²) >= 11 is 1.68. The summed E-state index contributed by atoms with van der Waals surface area (Å²) in [5, 5.41) is 0. The number of thiazole rings is 1. The van der Waals surface area contributed by atoms with Gasteiger partial charge in [0, 0.05) is 43.3 Å². The Balaban J connectivity index is 0.00000225. The Morgan fingerprint density at radius 2 is 1.88 bits per heavy atom. The fraction of sp³-hybridized carbons (Fsp3) is 0.471. The predicted octanol–water partition coefficient (Wildman–Crippen LogP) is 4.26. The maximum atomic E-state index is 12.8. The van der Waals surface area contributed by atoms with Crippen molar-refractivity contribution in [3.63, 3.8) is 0 Å². The third-order valence-corrected chi connectivity index (χ3v) is 5.41. The van der Waals surface area contributed by atoms with Crippen LogP contribution in [-0.4, -0.2) is 42.6 Å². The van der Waals surface area contributed by atoms with Gasteiger partial charge in [0.1, 0.15) is 0 Å². The third-order valence-electron chi connectivity index (χ3n) is 4.41. The molecule has 3 nitrogen and oxygen atoms in total. The molecular formula is C17H21ClF3N3S. The molecule has 25 heavy (non-hydrogen) atoms. The summed E-state index contributed by atoms with van der Waals surface area (Å²) in [7, 11) is 0. The molecule has 3 rings (SSSR count). The molecule has 1 aromatic carbocycles. The lowest BCUT2D eigenvalue weighted by atomic mass is 10.1. The van der Waals surface area contributed by atoms with Gasteiger partial charge in [-0.1, -0.05) is 6.07 Å². The van der Waals surface area contributed by atoms with Gasteiger partial charge >= 0.3 is 6.18 Å². The first-order valence-electron chi connectivity index (χ1n) is 7.97. The maximum absolute atomic E-state index is 12.8. The number of piperazine rings is 1. The minimum atomic E-state index is -4.29. The van der Waals surface area contributed by atoms with Crippen molar-refractivity contribution < 1.29 is 13.2 Å². The molecule has 0 bridgehead atoms. The number of halogens is 4. The average molecular weight is 392 g/mol. The highest BCUT2D eigenvalue weighted by Crippen LogP contribution is 2.31. The third kappa shape index (κ3) is 5.09. The van der Waals surface area contributed by atoms with Crippen molar-refractivity contribution in [1.82, 2.24) is 9.88 Å². The Bertz CT molecular complexity index is 682. The highest BCUT2D eigenvalue weighted by molar-refractivity contribution is 7.09. The summed E-state index contributed by atoms with van der Waals surface area (Å²) in [6.45, 7) is 6.24. The van der Waals surface area contributed by atoms with Crippen molar-refractivity contribution in [3.05, 3.63) is 45.9 Å². The summed E-state index contributed by atoms with van der Waals surface area (Å²) in [5.74, 6) is 0. The van der Waals surface area contributed by atoms with E-state index in [1.807, 2.05) is 17.3 Å². The van der Waals surface area contributed by atoms with E-state index in [9.17, 15) is 13.2 Å². The first kappa shape index (κ1) is 20.0. The number of hydrogen-bond donors (Lipinski definition) is 0. The zero-order chi connectivity index (χ0) is 17.2. The van der Waals surface area contributed by atoms with Crippen molar-refractivity contribution in [2.75, 3.05) is 37.6 Å². The normalized spacial score (nSPS) is 15.9. The second-order valence-corrected chi connectivity index (χ2v) is 6.93. The van der Waals surface area contributed by atoms with Gasteiger partial charge in [-0.3, -0.25) is 4.90 Å². The molecule has 8 heteroatoms. The molecule has 0 radical (unpaired) electrons. The van der Waals surface area contributed by atoms with Crippen molar-refractivity contribution in [2.45, 2.75) is 19.5 Å². The van der Waals surface area contributed by atoms with Crippen molar-refractivity contribution >= 4 is 29.4 Å². The summed E-state index contributed by atoms with van der Waals surface area (Å²) in [5.41, 5.74) is 3.05. The molecule has 1 aliphatic rings. The van der Waals surface area contributed by atoms with E-state index in [2.05, 4.69) is 9.88 Å². The van der Waals surface area contributed by atoms with E-state index < -0.39 is 11.7 Å². The summed E-state index contributed by atoms with van der Waals surface area (Å²) < 4.78 is 38.5. The first-order valence-corrected chi connectivity index (χ1v) is 8.85. The zero-order valence-corrected chi connectivity index (χ0v) is 15.6. The standard InChI is InChI=1S/C17H20F3N3S.ClH/c1-13-16(24-12-21-13)5-6-22-7-9-23(10-8-22)15-4-2-3-14(11-15)17(18,19)20;/h2-4,11-12H,5-10H2,1H3;1H. The van der Waals surface area contributed by atoms with E-state index in [1.165, 1.54) is 17.0 Å². The molecule has 0 amide bonds. The van der Waals surface area contributed by atoms with Gasteiger partial charge in [-0.05, 0) is 31.5 Å². The number of aryl methyl sites for hydroxylation is 1. The monoisotopic (exact) mass is 391 g/mol. The Morgan fingerprint density at radius 1 is 1.16 bits per heavy atom. The minimum absolute atomic E-state index is 0. The summed E-state index contributed by atoms with van der Waals surface area (Å²) in [6.07, 6.45) is -3.30. The number of hydrogen-bond acceptors (Lipinski definition) is 4. The van der Waals surface area contributed by atoms with E-state index in [0.29, 0.717) is 5.69 Å². The molecule has 0 atom stereocenters. The van der Waals surface area contributed by atoms with Crippen LogP contribution in [0.15, 0.2) is 29.8 Å². The van der Waals surface area contributed by atoms with Gasteiger partial charge in [-0.25, -0.2) is 4.98 Å². The van der Waals surface area contributed by atoms with E-state index in [4.69, 9.17) is 0 Å². The van der Waals surface area contributed by atoms with Gasteiger partial charge in [-0.2, -0.15) is 13.2 Å². The van der Waals surface area contributed by atoms with Crippen LogP contribution in [0.2, 0.25) is 0 Å². The van der Waals surface area contributed by atoms with Gasteiger partial charge in [0.15, 0.2) is 0 Å². The van der Waals surface area contributed by atoms with E-state index in [0.717, 1.165) is 50.9 Å². The lowest BCUT2D eigenvalue weighted by molar-refractivity contribution is -0.137. The molecule has 2 heterocycles. The van der Waals surface area contributed by atoms with Gasteiger partial charge in [0.25, 0.3) is 0 Å². The molecule has 1 fully saturated rings. The van der Waals surface area contributed by atoms with Gasteiger partial charge < -0.3 is 4.90 Å². The molecule has 1 aliphatic heterocycles. The van der Waals surface area contributed by atoms with Crippen LogP contribution in [0.25, 0.3) is 0 Å². The predicted molar refractivity (Wildman–Crippen MR) is 97.9 cm³/mol. The van der Waals surface area contributed by atoms with Crippen LogP contribution in [0, 0.1) is 6.92 Å². The molecule has 0 aliphatic carbocycles. The smallest absolute Gasteiger partial charge is 0.369 e. The fourth-order valence-corrected chi connectivity index (χ4v) is 3.70. The van der Waals surface area contributed by atoms with Crippen LogP contribution in [-0.2, 0) is 12.6 Å². The molecule has 0 spiro atoms. The molecule has 2 aromatic rings. The Kier molecular flexibility index (Phi) is 6.71. The van der Waals surface area contributed by atoms with Crippen LogP contribution in [0.3, 0.4) is 0 Å². The quantitative estimate of drug-likeness (QED) is 0.776. The van der Waals surface area contributed by atoms with Crippen LogP contribution in [0.5, 0.6) is 0 Å². The number of anilines is 1. The summed E-state index contributed by atoms with van der Waals surface area (Å²) in [4.78, 5) is 9.97. The van der Waals surface area contributed by atoms with Crippen LogP contribution >= 0.6 is 23.7 Å². The van der Waals surface area contributed by atoms with Gasteiger partial charge in [0.2, 0.25) is 0 Å². The van der Waals surface area contributed by atoms with E-state index in [-0.39, 0.29) is 12.4 Å². The lowest BCUT2D eigenvalue weighted by Crippen LogP contribution is -2.47. The second-order valence-electron chi connectivity index (χ2n) is 5.99. The molecule has 0 unspecified atom stereocenters. The Labute approximate surface area is 155 Å². The Morgan fingerprint density at radius 3 is 2.48 bits per heavy atom. The Hall–Kier alpha value is -1.31. The number of rotatable bonds is 4. The fourth-order valence-electron chi connectivity index (χ4n) is 2.93. The van der Waals surface area contributed by atoms with Gasteiger partial charge in [-0.15, -0.1) is 23.7 Å². The van der Waals surface area contributed by atoms with Crippen molar-refractivity contribution in [3.8, 4) is 0 Å². The SMILES string of the molecule is Cc1ncsc1CCN1CCN(c2cccc(C(F)(F)F)c2)CC1.Cl. The highest BCUT2D eigenvalue weighted by Gasteiger charge is 2.31. The van der Waals surface area contributed by atoms with Crippen LogP contribution < -0.4 is 4.90 Å². The number of alkyl halides is 3. The number of aromatic nitrogens is 1. The minimum Gasteiger partial charge on any atom is -0.369 e. The number of nitrogens with zero attached hydrogens (tertiary/aromatic N) is 3. The van der Waals surface area contributed by atoms with Crippen LogP contribution in [0.4, 0.5) is 18.9 Å². The average Bonchev–Trinajstić information content (AvgIpc) is 2.98. The van der Waals surface area contributed by atoms with Crippen LogP contribution in [0.1, 0.15) is 16.1 Å².